The minimum Gasteiger partial charge on any atom is -0.389 e. The number of aromatic nitrogens is 2. The van der Waals surface area contributed by atoms with Gasteiger partial charge in [0.05, 0.1) is 11.4 Å². The Morgan fingerprint density at radius 3 is 2.60 bits per heavy atom. The number of thioether (sulfide) groups is 1. The lowest BCUT2D eigenvalue weighted by molar-refractivity contribution is -0.0480. The van der Waals surface area contributed by atoms with Gasteiger partial charge in [0, 0.05) is 6.20 Å². The van der Waals surface area contributed by atoms with Crippen LogP contribution in [0.3, 0.4) is 0 Å². The Balaban J connectivity index is 2.29. The van der Waals surface area contributed by atoms with Crippen molar-refractivity contribution in [3.05, 3.63) is 22.7 Å². The summed E-state index contributed by atoms with van der Waals surface area (Å²) in [6, 6.07) is 1.15. The molecule has 0 spiro atoms. The van der Waals surface area contributed by atoms with Crippen LogP contribution >= 0.6 is 19.9 Å². The van der Waals surface area contributed by atoms with E-state index >= 15 is 0 Å². The third kappa shape index (κ3) is 5.49. The SMILES string of the molecule is Nc1ccn([C@@H]2O[C@H](CO[P+](O)(O)O)[C@@H](O)[C@H]2SC(F)(F)F)c(=O)n1. The third-order valence-corrected chi connectivity index (χ3v) is 4.67. The highest BCUT2D eigenvalue weighted by Gasteiger charge is 2.52. The van der Waals surface area contributed by atoms with E-state index in [-0.39, 0.29) is 5.82 Å². The molecule has 0 bridgehead atoms. The molecule has 1 aromatic heterocycles. The molecular weight excluding hydrogens is 394 g/mol. The van der Waals surface area contributed by atoms with Crippen molar-refractivity contribution >= 4 is 25.7 Å². The number of hydrogen-bond donors (Lipinski definition) is 5. The fourth-order valence-electron chi connectivity index (χ4n) is 2.15. The normalized spacial score (nSPS) is 27.6. The summed E-state index contributed by atoms with van der Waals surface area (Å²) in [5, 5.41) is 8.39. The predicted molar refractivity (Wildman–Crippen MR) is 79.8 cm³/mol. The zero-order valence-corrected chi connectivity index (χ0v) is 13.9. The molecule has 2 rings (SSSR count). The summed E-state index contributed by atoms with van der Waals surface area (Å²) >= 11 is -0.602. The van der Waals surface area contributed by atoms with Gasteiger partial charge >= 0.3 is 19.4 Å². The molecule has 0 radical (unpaired) electrons. The maximum Gasteiger partial charge on any atom is 0.567 e. The number of nitrogens with zero attached hydrogens (tertiary/aromatic N) is 2. The number of aliphatic hydroxyl groups is 1. The highest BCUT2D eigenvalue weighted by atomic mass is 32.2. The van der Waals surface area contributed by atoms with Gasteiger partial charge in [-0.25, -0.2) is 4.79 Å². The molecular formula is C10H14F3N3O7PS+. The van der Waals surface area contributed by atoms with Gasteiger partial charge in [-0.05, 0) is 17.8 Å². The molecule has 1 saturated heterocycles. The topological polar surface area (TPSA) is 160 Å². The molecule has 0 aromatic carbocycles. The first-order chi connectivity index (χ1) is 11.4. The summed E-state index contributed by atoms with van der Waals surface area (Å²) in [6.45, 7) is -0.818. The minimum atomic E-state index is -4.75. The van der Waals surface area contributed by atoms with Crippen LogP contribution in [0.1, 0.15) is 6.23 Å². The van der Waals surface area contributed by atoms with Gasteiger partial charge in [0.15, 0.2) is 6.23 Å². The number of nitrogen functional groups attached to an aromatic ring is 1. The smallest absolute Gasteiger partial charge is 0.389 e. The Bertz CT molecular complexity index is 670. The van der Waals surface area contributed by atoms with Gasteiger partial charge in [-0.3, -0.25) is 4.57 Å². The fourth-order valence-corrected chi connectivity index (χ4v) is 3.44. The quantitative estimate of drug-likeness (QED) is 0.397. The second kappa shape index (κ2) is 7.32. The third-order valence-electron chi connectivity index (χ3n) is 3.12. The van der Waals surface area contributed by atoms with E-state index < -0.39 is 61.4 Å². The van der Waals surface area contributed by atoms with Gasteiger partial charge in [0.25, 0.3) is 0 Å². The van der Waals surface area contributed by atoms with Crippen molar-refractivity contribution in [1.29, 1.82) is 0 Å². The molecule has 1 aromatic rings. The number of anilines is 1. The van der Waals surface area contributed by atoms with Crippen LogP contribution < -0.4 is 11.4 Å². The second-order valence-electron chi connectivity index (χ2n) is 4.94. The Morgan fingerprint density at radius 2 is 2.08 bits per heavy atom. The van der Waals surface area contributed by atoms with Gasteiger partial charge in [0.2, 0.25) is 0 Å². The van der Waals surface area contributed by atoms with Crippen LogP contribution in [0.2, 0.25) is 0 Å². The van der Waals surface area contributed by atoms with E-state index in [9.17, 15) is 23.1 Å². The Labute approximate surface area is 142 Å². The van der Waals surface area contributed by atoms with Crippen molar-refractivity contribution in [2.75, 3.05) is 12.3 Å². The molecule has 1 aliphatic rings. The maximum absolute atomic E-state index is 12.8. The van der Waals surface area contributed by atoms with Crippen LogP contribution in [0.15, 0.2) is 17.1 Å². The average molecular weight is 408 g/mol. The lowest BCUT2D eigenvalue weighted by Crippen LogP contribution is -2.36. The number of rotatable bonds is 5. The van der Waals surface area contributed by atoms with Crippen molar-refractivity contribution in [1.82, 2.24) is 9.55 Å². The number of hydrogen-bond acceptors (Lipinski definition) is 10. The highest BCUT2D eigenvalue weighted by molar-refractivity contribution is 8.00. The molecule has 1 fully saturated rings. The van der Waals surface area contributed by atoms with E-state index in [1.54, 1.807) is 0 Å². The Morgan fingerprint density at radius 1 is 1.44 bits per heavy atom. The number of nitrogens with two attached hydrogens (primary N) is 1. The molecule has 0 unspecified atom stereocenters. The van der Waals surface area contributed by atoms with Crippen LogP contribution in [-0.2, 0) is 9.26 Å². The summed E-state index contributed by atoms with van der Waals surface area (Å²) in [5.41, 5.74) is -0.441. The van der Waals surface area contributed by atoms with Crippen LogP contribution in [0, 0.1) is 0 Å². The molecule has 0 aliphatic carbocycles. The van der Waals surface area contributed by atoms with E-state index in [1.165, 1.54) is 0 Å². The predicted octanol–water partition coefficient (Wildman–Crippen LogP) is -0.624. The van der Waals surface area contributed by atoms with Crippen molar-refractivity contribution in [3.8, 4) is 0 Å². The van der Waals surface area contributed by atoms with Gasteiger partial charge in [-0.1, -0.05) is 0 Å². The summed E-state index contributed by atoms with van der Waals surface area (Å²) in [6.07, 6.45) is -3.80. The molecule has 0 saturated carbocycles. The maximum atomic E-state index is 12.8. The van der Waals surface area contributed by atoms with Crippen molar-refractivity contribution in [2.24, 2.45) is 0 Å². The van der Waals surface area contributed by atoms with E-state index in [0.717, 1.165) is 12.3 Å². The first-order valence-corrected chi connectivity index (χ1v) is 8.96. The minimum absolute atomic E-state index is 0.157. The summed E-state index contributed by atoms with van der Waals surface area (Å²) in [7, 11) is -4.68. The van der Waals surface area contributed by atoms with Gasteiger partial charge in [0.1, 0.15) is 18.5 Å². The molecule has 0 amide bonds. The lowest BCUT2D eigenvalue weighted by Gasteiger charge is -2.22. The number of halogens is 3. The van der Waals surface area contributed by atoms with Crippen LogP contribution in [0.25, 0.3) is 0 Å². The standard InChI is InChI=1S/C10H13F3N3O7PS/c11-10(12,13)25-7-6(17)4(3-22-24(19,20)21)23-8(7)16-2-1-5(14)15-9(16)18/h1-2,4,6-8,17,19-21H,3H2,(H-,14,15,18)/p+1/t4-,6-,7-,8-/m1/s1. The Kier molecular flexibility index (Phi) is 5.95. The molecule has 4 atom stereocenters. The summed E-state index contributed by atoms with van der Waals surface area (Å²) in [4.78, 5) is 41.5. The van der Waals surface area contributed by atoms with Crippen molar-refractivity contribution < 1.29 is 42.2 Å². The molecule has 6 N–H and O–H groups in total. The first-order valence-electron chi connectivity index (χ1n) is 6.52. The Hall–Kier alpha value is -0.990. The molecule has 10 nitrogen and oxygen atoms in total. The average Bonchev–Trinajstić information content (AvgIpc) is 2.71. The van der Waals surface area contributed by atoms with Crippen molar-refractivity contribution in [3.63, 3.8) is 0 Å². The number of alkyl halides is 3. The fraction of sp³-hybridized carbons (Fsp3) is 0.600. The van der Waals surface area contributed by atoms with Gasteiger partial charge in [-0.15, -0.1) is 0 Å². The second-order valence-corrected chi connectivity index (χ2v) is 7.46. The van der Waals surface area contributed by atoms with E-state index in [0.29, 0.717) is 4.57 Å². The zero-order chi connectivity index (χ0) is 19.0. The van der Waals surface area contributed by atoms with Crippen LogP contribution in [0.4, 0.5) is 19.0 Å². The first kappa shape index (κ1) is 20.3. The van der Waals surface area contributed by atoms with Gasteiger partial charge < -0.3 is 15.6 Å². The van der Waals surface area contributed by atoms with E-state index in [2.05, 4.69) is 9.51 Å². The zero-order valence-electron chi connectivity index (χ0n) is 12.1. The molecule has 142 valence electrons. The molecule has 25 heavy (non-hydrogen) atoms. The summed E-state index contributed by atoms with van der Waals surface area (Å²) < 4.78 is 48.5. The largest absolute Gasteiger partial charge is 0.567 e. The van der Waals surface area contributed by atoms with Crippen molar-refractivity contribution in [2.45, 2.75) is 29.2 Å². The molecule has 1 aliphatic heterocycles. The highest BCUT2D eigenvalue weighted by Crippen LogP contribution is 2.48. The molecule has 2 heterocycles. The monoisotopic (exact) mass is 408 g/mol. The number of aliphatic hydroxyl groups excluding tert-OH is 1. The number of ether oxygens (including phenoxy) is 1. The lowest BCUT2D eigenvalue weighted by atomic mass is 10.2. The van der Waals surface area contributed by atoms with E-state index in [1.807, 2.05) is 0 Å². The summed E-state index contributed by atoms with van der Waals surface area (Å²) in [5.74, 6) is -0.157. The molecule has 15 heteroatoms. The van der Waals surface area contributed by atoms with E-state index in [4.69, 9.17) is 25.2 Å². The van der Waals surface area contributed by atoms with Crippen LogP contribution in [-0.4, -0.2) is 58.9 Å². The van der Waals surface area contributed by atoms with Gasteiger partial charge in [-0.2, -0.15) is 37.4 Å². The van der Waals surface area contributed by atoms with Crippen LogP contribution in [0.5, 0.6) is 0 Å².